The van der Waals surface area contributed by atoms with E-state index in [4.69, 9.17) is 0 Å². The van der Waals surface area contributed by atoms with Crippen molar-refractivity contribution in [1.82, 2.24) is 10.2 Å². The molecule has 0 radical (unpaired) electrons. The molecule has 0 spiro atoms. The summed E-state index contributed by atoms with van der Waals surface area (Å²) < 4.78 is 14.2. The van der Waals surface area contributed by atoms with Gasteiger partial charge in [-0.3, -0.25) is 9.59 Å². The molecule has 2 rings (SSSR count). The van der Waals surface area contributed by atoms with Gasteiger partial charge in [0.25, 0.3) is 0 Å². The fourth-order valence-corrected chi connectivity index (χ4v) is 2.99. The summed E-state index contributed by atoms with van der Waals surface area (Å²) in [5.74, 6) is -0.472. The summed E-state index contributed by atoms with van der Waals surface area (Å²) in [7, 11) is 0. The van der Waals surface area contributed by atoms with Gasteiger partial charge in [-0.25, -0.2) is 4.39 Å². The minimum Gasteiger partial charge on any atom is -0.354 e. The molecule has 4 nitrogen and oxygen atoms in total. The first kappa shape index (κ1) is 21.6. The Balaban J connectivity index is 2.34. The van der Waals surface area contributed by atoms with Crippen LogP contribution in [-0.2, 0) is 22.6 Å². The van der Waals surface area contributed by atoms with Crippen molar-refractivity contribution in [2.24, 2.45) is 5.92 Å². The third-order valence-electron chi connectivity index (χ3n) is 4.56. The summed E-state index contributed by atoms with van der Waals surface area (Å²) >= 11 is 0. The Kier molecular flexibility index (Phi) is 8.18. The molecule has 5 heteroatoms. The molecule has 2 amide bonds. The lowest BCUT2D eigenvalue weighted by atomic mass is 10.0. The average molecular weight is 384 g/mol. The number of carbonyl (C=O) groups excluding carboxylic acids is 2. The van der Waals surface area contributed by atoms with Gasteiger partial charge in [-0.2, -0.15) is 0 Å². The molecular weight excluding hydrogens is 355 g/mol. The number of halogens is 1. The summed E-state index contributed by atoms with van der Waals surface area (Å²) in [6.45, 7) is 6.37. The van der Waals surface area contributed by atoms with Gasteiger partial charge in [-0.1, -0.05) is 69.3 Å². The molecule has 2 aromatic rings. The highest BCUT2D eigenvalue weighted by Crippen LogP contribution is 2.17. The van der Waals surface area contributed by atoms with Crippen LogP contribution in [0.1, 0.15) is 38.3 Å². The molecule has 0 fully saturated rings. The van der Waals surface area contributed by atoms with Gasteiger partial charge in [0.15, 0.2) is 0 Å². The molecular formula is C23H29FN2O2. The van der Waals surface area contributed by atoms with Gasteiger partial charge in [-0.05, 0) is 17.5 Å². The number of hydrogen-bond donors (Lipinski definition) is 1. The molecule has 150 valence electrons. The molecule has 0 aliphatic rings. The van der Waals surface area contributed by atoms with Crippen LogP contribution in [0, 0.1) is 11.7 Å². The van der Waals surface area contributed by atoms with Crippen LogP contribution in [0.2, 0.25) is 0 Å². The van der Waals surface area contributed by atoms with Crippen molar-refractivity contribution in [2.75, 3.05) is 6.54 Å². The molecule has 0 saturated heterocycles. The molecule has 1 N–H and O–H groups in total. The normalized spacial score (nSPS) is 11.9. The Bertz CT molecular complexity index is 777. The Labute approximate surface area is 166 Å². The monoisotopic (exact) mass is 384 g/mol. The van der Waals surface area contributed by atoms with Crippen LogP contribution in [0.5, 0.6) is 0 Å². The molecule has 0 heterocycles. The molecule has 2 aromatic carbocycles. The van der Waals surface area contributed by atoms with Gasteiger partial charge in [-0.15, -0.1) is 0 Å². The topological polar surface area (TPSA) is 49.4 Å². The highest BCUT2D eigenvalue weighted by molar-refractivity contribution is 5.87. The van der Waals surface area contributed by atoms with Crippen LogP contribution in [0.25, 0.3) is 0 Å². The number of carbonyl (C=O) groups is 2. The third-order valence-corrected chi connectivity index (χ3v) is 4.56. The van der Waals surface area contributed by atoms with Gasteiger partial charge in [0, 0.05) is 31.5 Å². The van der Waals surface area contributed by atoms with E-state index in [0.717, 1.165) is 5.56 Å². The lowest BCUT2D eigenvalue weighted by Crippen LogP contribution is -2.51. The zero-order chi connectivity index (χ0) is 20.5. The summed E-state index contributed by atoms with van der Waals surface area (Å²) in [5, 5.41) is 2.94. The van der Waals surface area contributed by atoms with Gasteiger partial charge < -0.3 is 10.2 Å². The first-order valence-electron chi connectivity index (χ1n) is 9.76. The maximum absolute atomic E-state index is 14.2. The Morgan fingerprint density at radius 2 is 1.68 bits per heavy atom. The first-order valence-corrected chi connectivity index (χ1v) is 9.76. The van der Waals surface area contributed by atoms with Crippen LogP contribution in [0.3, 0.4) is 0 Å². The Morgan fingerprint density at radius 3 is 2.29 bits per heavy atom. The quantitative estimate of drug-likeness (QED) is 0.712. The predicted octanol–water partition coefficient (Wildman–Crippen LogP) is 3.95. The second-order valence-electron chi connectivity index (χ2n) is 7.31. The van der Waals surface area contributed by atoms with E-state index in [2.05, 4.69) is 5.32 Å². The van der Waals surface area contributed by atoms with Gasteiger partial charge in [0.1, 0.15) is 11.9 Å². The minimum absolute atomic E-state index is 0.0615. The molecule has 0 aliphatic carbocycles. The van der Waals surface area contributed by atoms with Crippen LogP contribution in [0.4, 0.5) is 4.39 Å². The van der Waals surface area contributed by atoms with E-state index in [1.165, 1.54) is 11.0 Å². The number of amides is 2. The Morgan fingerprint density at radius 1 is 1.04 bits per heavy atom. The number of rotatable bonds is 9. The van der Waals surface area contributed by atoms with E-state index in [0.29, 0.717) is 24.4 Å². The van der Waals surface area contributed by atoms with Gasteiger partial charge in [0.05, 0.1) is 0 Å². The summed E-state index contributed by atoms with van der Waals surface area (Å²) in [4.78, 5) is 27.2. The first-order chi connectivity index (χ1) is 13.4. The summed E-state index contributed by atoms with van der Waals surface area (Å²) in [6, 6.07) is 15.2. The summed E-state index contributed by atoms with van der Waals surface area (Å²) in [5.41, 5.74) is 1.36. The van der Waals surface area contributed by atoms with Crippen LogP contribution < -0.4 is 5.32 Å². The number of benzene rings is 2. The number of nitrogens with zero attached hydrogens (tertiary/aromatic N) is 1. The van der Waals surface area contributed by atoms with E-state index in [9.17, 15) is 14.0 Å². The maximum Gasteiger partial charge on any atom is 0.243 e. The van der Waals surface area contributed by atoms with E-state index >= 15 is 0 Å². The largest absolute Gasteiger partial charge is 0.354 e. The number of nitrogens with one attached hydrogen (secondary N) is 1. The maximum atomic E-state index is 14.2. The van der Waals surface area contributed by atoms with E-state index < -0.39 is 6.04 Å². The minimum atomic E-state index is -0.701. The predicted molar refractivity (Wildman–Crippen MR) is 109 cm³/mol. The molecule has 0 aliphatic heterocycles. The van der Waals surface area contributed by atoms with Crippen LogP contribution >= 0.6 is 0 Å². The standard InChI is InChI=1S/C23H29FN2O2/c1-4-22(27)26(16-19-12-8-9-13-20(19)24)21(23(28)25-15-17(2)3)14-18-10-6-5-7-11-18/h5-13,17,21H,4,14-16H2,1-3H3,(H,25,28). The molecule has 0 aromatic heterocycles. The van der Waals surface area contributed by atoms with Crippen molar-refractivity contribution in [3.63, 3.8) is 0 Å². The molecule has 28 heavy (non-hydrogen) atoms. The third kappa shape index (κ3) is 6.19. The van der Waals surface area contributed by atoms with Crippen molar-refractivity contribution in [3.8, 4) is 0 Å². The van der Waals surface area contributed by atoms with Crippen molar-refractivity contribution >= 4 is 11.8 Å². The highest BCUT2D eigenvalue weighted by atomic mass is 19.1. The van der Waals surface area contributed by atoms with E-state index in [1.807, 2.05) is 44.2 Å². The van der Waals surface area contributed by atoms with Crippen molar-refractivity contribution in [3.05, 3.63) is 71.5 Å². The molecule has 0 saturated carbocycles. The second-order valence-corrected chi connectivity index (χ2v) is 7.31. The molecule has 0 bridgehead atoms. The zero-order valence-electron chi connectivity index (χ0n) is 16.8. The fourth-order valence-electron chi connectivity index (χ4n) is 2.99. The van der Waals surface area contributed by atoms with Gasteiger partial charge in [0.2, 0.25) is 11.8 Å². The van der Waals surface area contributed by atoms with Crippen LogP contribution in [-0.4, -0.2) is 29.3 Å². The van der Waals surface area contributed by atoms with Crippen LogP contribution in [0.15, 0.2) is 54.6 Å². The van der Waals surface area contributed by atoms with Crippen molar-refractivity contribution < 1.29 is 14.0 Å². The second kappa shape index (κ2) is 10.6. The highest BCUT2D eigenvalue weighted by Gasteiger charge is 2.30. The smallest absolute Gasteiger partial charge is 0.243 e. The summed E-state index contributed by atoms with van der Waals surface area (Å²) in [6.07, 6.45) is 0.627. The lowest BCUT2D eigenvalue weighted by molar-refractivity contribution is -0.141. The average Bonchev–Trinajstić information content (AvgIpc) is 2.70. The zero-order valence-corrected chi connectivity index (χ0v) is 16.8. The number of hydrogen-bond acceptors (Lipinski definition) is 2. The molecule has 1 unspecified atom stereocenters. The fraction of sp³-hybridized carbons (Fsp3) is 0.391. The molecule has 1 atom stereocenters. The lowest BCUT2D eigenvalue weighted by Gasteiger charge is -2.31. The van der Waals surface area contributed by atoms with Crippen molar-refractivity contribution in [2.45, 2.75) is 46.2 Å². The SMILES string of the molecule is CCC(=O)N(Cc1ccccc1F)C(Cc1ccccc1)C(=O)NCC(C)C. The Hall–Kier alpha value is -2.69. The van der Waals surface area contributed by atoms with Gasteiger partial charge >= 0.3 is 0 Å². The van der Waals surface area contributed by atoms with E-state index in [-0.39, 0.29) is 30.6 Å². The van der Waals surface area contributed by atoms with E-state index in [1.54, 1.807) is 25.1 Å². The van der Waals surface area contributed by atoms with Crippen molar-refractivity contribution in [1.29, 1.82) is 0 Å².